The first kappa shape index (κ1) is 22.4. The number of hydrogen-bond donors (Lipinski definition) is 1. The van der Waals surface area contributed by atoms with E-state index in [1.165, 1.54) is 4.90 Å². The Hall–Kier alpha value is -3.28. The van der Waals surface area contributed by atoms with Crippen LogP contribution in [0.15, 0.2) is 55.1 Å². The van der Waals surface area contributed by atoms with Crippen molar-refractivity contribution in [2.75, 3.05) is 0 Å². The lowest BCUT2D eigenvalue weighted by Gasteiger charge is -2.31. The Morgan fingerprint density at radius 2 is 1.81 bits per heavy atom. The van der Waals surface area contributed by atoms with Crippen LogP contribution in [-0.2, 0) is 16.1 Å². The van der Waals surface area contributed by atoms with Crippen molar-refractivity contribution in [1.29, 1.82) is 0 Å². The van der Waals surface area contributed by atoms with Gasteiger partial charge in [0.15, 0.2) is 0 Å². The molecule has 2 aromatic carbocycles. The molecule has 0 radical (unpaired) electrons. The SMILES string of the molecule is C=Cc1ccccc1COc1ccc([C@@H]2CC[C@H](C(N)=O)N2C(=O)OC(C)(C)C)cc1. The molecule has 1 aliphatic heterocycles. The minimum Gasteiger partial charge on any atom is -0.489 e. The second-order valence-electron chi connectivity index (χ2n) is 8.66. The number of ether oxygens (including phenoxy) is 2. The number of carbonyl (C=O) groups is 2. The standard InChI is InChI=1S/C25H30N2O4/c1-5-17-8-6-7-9-19(17)16-30-20-12-10-18(11-13-20)21-14-15-22(23(26)28)27(21)24(29)31-25(2,3)4/h5-13,21-22H,1,14-16H2,2-4H3,(H2,26,28)/t21-,22+/m0/s1. The molecule has 31 heavy (non-hydrogen) atoms. The molecule has 0 aliphatic carbocycles. The molecular formula is C25H30N2O4. The van der Waals surface area contributed by atoms with Crippen molar-refractivity contribution in [3.63, 3.8) is 0 Å². The van der Waals surface area contributed by atoms with Crippen LogP contribution in [0.4, 0.5) is 4.79 Å². The monoisotopic (exact) mass is 422 g/mol. The second kappa shape index (κ2) is 9.25. The van der Waals surface area contributed by atoms with Gasteiger partial charge in [-0.2, -0.15) is 0 Å². The molecule has 0 spiro atoms. The van der Waals surface area contributed by atoms with Crippen molar-refractivity contribution in [2.24, 2.45) is 5.73 Å². The summed E-state index contributed by atoms with van der Waals surface area (Å²) in [5.74, 6) is 0.199. The number of amides is 2. The summed E-state index contributed by atoms with van der Waals surface area (Å²) in [6.07, 6.45) is 2.43. The number of nitrogens with two attached hydrogens (primary N) is 1. The first-order chi connectivity index (χ1) is 14.7. The predicted octanol–water partition coefficient (Wildman–Crippen LogP) is 4.83. The fourth-order valence-corrected chi connectivity index (χ4v) is 3.80. The molecule has 1 fully saturated rings. The third-order valence-corrected chi connectivity index (χ3v) is 5.25. The average Bonchev–Trinajstić information content (AvgIpc) is 3.17. The van der Waals surface area contributed by atoms with Gasteiger partial charge in [-0.05, 0) is 62.4 Å². The van der Waals surface area contributed by atoms with E-state index in [9.17, 15) is 9.59 Å². The molecule has 1 aliphatic rings. The Balaban J connectivity index is 1.74. The Bertz CT molecular complexity index is 947. The molecule has 2 aromatic rings. The minimum absolute atomic E-state index is 0.275. The molecule has 0 bridgehead atoms. The van der Waals surface area contributed by atoms with Gasteiger partial charge in [0, 0.05) is 0 Å². The van der Waals surface area contributed by atoms with E-state index in [1.54, 1.807) is 20.8 Å². The third kappa shape index (κ3) is 5.45. The van der Waals surface area contributed by atoms with Gasteiger partial charge in [-0.15, -0.1) is 0 Å². The maximum atomic E-state index is 12.8. The van der Waals surface area contributed by atoms with Gasteiger partial charge in [-0.1, -0.05) is 49.1 Å². The van der Waals surface area contributed by atoms with E-state index >= 15 is 0 Å². The van der Waals surface area contributed by atoms with E-state index in [0.717, 1.165) is 22.4 Å². The number of hydrogen-bond acceptors (Lipinski definition) is 4. The van der Waals surface area contributed by atoms with Crippen molar-refractivity contribution in [2.45, 2.75) is 57.9 Å². The molecule has 2 amide bonds. The fourth-order valence-electron chi connectivity index (χ4n) is 3.80. The molecule has 0 saturated carbocycles. The van der Waals surface area contributed by atoms with Crippen LogP contribution in [0.2, 0.25) is 0 Å². The molecule has 2 atom stereocenters. The maximum absolute atomic E-state index is 12.8. The van der Waals surface area contributed by atoms with E-state index in [2.05, 4.69) is 6.58 Å². The quantitative estimate of drug-likeness (QED) is 0.723. The van der Waals surface area contributed by atoms with Crippen LogP contribution in [-0.4, -0.2) is 28.5 Å². The summed E-state index contributed by atoms with van der Waals surface area (Å²) in [5.41, 5.74) is 7.90. The molecule has 6 nitrogen and oxygen atoms in total. The molecule has 0 aromatic heterocycles. The fraction of sp³-hybridized carbons (Fsp3) is 0.360. The molecule has 6 heteroatoms. The van der Waals surface area contributed by atoms with Gasteiger partial charge in [0.25, 0.3) is 0 Å². The predicted molar refractivity (Wildman–Crippen MR) is 120 cm³/mol. The Labute approximate surface area is 183 Å². The highest BCUT2D eigenvalue weighted by Crippen LogP contribution is 2.37. The highest BCUT2D eigenvalue weighted by atomic mass is 16.6. The van der Waals surface area contributed by atoms with Crippen LogP contribution in [0, 0.1) is 0 Å². The smallest absolute Gasteiger partial charge is 0.411 e. The summed E-state index contributed by atoms with van der Waals surface area (Å²) in [6.45, 7) is 9.66. The molecule has 0 unspecified atom stereocenters. The van der Waals surface area contributed by atoms with E-state index in [4.69, 9.17) is 15.2 Å². The molecule has 2 N–H and O–H groups in total. The lowest BCUT2D eigenvalue weighted by Crippen LogP contribution is -2.46. The zero-order valence-corrected chi connectivity index (χ0v) is 18.3. The van der Waals surface area contributed by atoms with Gasteiger partial charge in [0.05, 0.1) is 6.04 Å². The lowest BCUT2D eigenvalue weighted by atomic mass is 10.0. The number of carbonyl (C=O) groups excluding carboxylic acids is 2. The zero-order valence-electron chi connectivity index (χ0n) is 18.3. The number of benzene rings is 2. The summed E-state index contributed by atoms with van der Waals surface area (Å²) in [7, 11) is 0. The van der Waals surface area contributed by atoms with Crippen molar-refractivity contribution < 1.29 is 19.1 Å². The van der Waals surface area contributed by atoms with Crippen molar-refractivity contribution in [3.8, 4) is 5.75 Å². The highest BCUT2D eigenvalue weighted by Gasteiger charge is 2.42. The van der Waals surface area contributed by atoms with Crippen molar-refractivity contribution in [1.82, 2.24) is 4.90 Å². The third-order valence-electron chi connectivity index (χ3n) is 5.25. The van der Waals surface area contributed by atoms with E-state index < -0.39 is 23.6 Å². The molecule has 3 rings (SSSR count). The second-order valence-corrected chi connectivity index (χ2v) is 8.66. The average molecular weight is 423 g/mol. The molecule has 1 heterocycles. The van der Waals surface area contributed by atoms with Crippen LogP contribution >= 0.6 is 0 Å². The minimum atomic E-state index is -0.675. The molecular weight excluding hydrogens is 392 g/mol. The Kier molecular flexibility index (Phi) is 6.68. The topological polar surface area (TPSA) is 81.9 Å². The van der Waals surface area contributed by atoms with Crippen LogP contribution in [0.1, 0.15) is 56.3 Å². The van der Waals surface area contributed by atoms with E-state index in [0.29, 0.717) is 19.4 Å². The first-order valence-corrected chi connectivity index (χ1v) is 10.4. The summed E-state index contributed by atoms with van der Waals surface area (Å²) < 4.78 is 11.5. The lowest BCUT2D eigenvalue weighted by molar-refractivity contribution is -0.122. The first-order valence-electron chi connectivity index (χ1n) is 10.4. The summed E-state index contributed by atoms with van der Waals surface area (Å²) in [5, 5.41) is 0. The largest absolute Gasteiger partial charge is 0.489 e. The maximum Gasteiger partial charge on any atom is 0.411 e. The van der Waals surface area contributed by atoms with E-state index in [1.807, 2.05) is 54.6 Å². The van der Waals surface area contributed by atoms with Gasteiger partial charge in [-0.3, -0.25) is 9.69 Å². The van der Waals surface area contributed by atoms with Crippen LogP contribution in [0.25, 0.3) is 6.08 Å². The van der Waals surface area contributed by atoms with Crippen LogP contribution in [0.3, 0.4) is 0 Å². The van der Waals surface area contributed by atoms with Gasteiger partial charge in [0.2, 0.25) is 5.91 Å². The van der Waals surface area contributed by atoms with Gasteiger partial charge < -0.3 is 15.2 Å². The van der Waals surface area contributed by atoms with Crippen molar-refractivity contribution >= 4 is 18.1 Å². The highest BCUT2D eigenvalue weighted by molar-refractivity contribution is 5.85. The Morgan fingerprint density at radius 1 is 1.13 bits per heavy atom. The van der Waals surface area contributed by atoms with Crippen molar-refractivity contribution in [3.05, 3.63) is 71.8 Å². The summed E-state index contributed by atoms with van der Waals surface area (Å²) in [6, 6.07) is 14.6. The van der Waals surface area contributed by atoms with Gasteiger partial charge >= 0.3 is 6.09 Å². The van der Waals surface area contributed by atoms with Crippen LogP contribution in [0.5, 0.6) is 5.75 Å². The van der Waals surface area contributed by atoms with Gasteiger partial charge in [0.1, 0.15) is 24.0 Å². The normalized spacial score (nSPS) is 18.5. The van der Waals surface area contributed by atoms with E-state index in [-0.39, 0.29) is 6.04 Å². The number of primary amides is 1. The zero-order chi connectivity index (χ0) is 22.6. The molecule has 164 valence electrons. The number of likely N-dealkylation sites (tertiary alicyclic amines) is 1. The number of rotatable bonds is 6. The number of nitrogens with zero attached hydrogens (tertiary/aromatic N) is 1. The van der Waals surface area contributed by atoms with Gasteiger partial charge in [-0.25, -0.2) is 4.79 Å². The summed E-state index contributed by atoms with van der Waals surface area (Å²) in [4.78, 5) is 26.2. The Morgan fingerprint density at radius 3 is 2.42 bits per heavy atom. The molecule has 1 saturated heterocycles. The summed E-state index contributed by atoms with van der Waals surface area (Å²) >= 11 is 0. The van der Waals surface area contributed by atoms with Crippen LogP contribution < -0.4 is 10.5 Å².